The van der Waals surface area contributed by atoms with Crippen molar-refractivity contribution < 1.29 is 17.9 Å². The number of alkyl halides is 3. The third kappa shape index (κ3) is 4.59. The fourth-order valence-corrected chi connectivity index (χ4v) is 4.26. The van der Waals surface area contributed by atoms with E-state index in [1.54, 1.807) is 6.07 Å². The zero-order valence-electron chi connectivity index (χ0n) is 17.7. The molecule has 2 aromatic heterocycles. The molecule has 0 radical (unpaired) electrons. The molecular weight excluding hydrogens is 409 g/mol. The van der Waals surface area contributed by atoms with Crippen molar-refractivity contribution in [2.45, 2.75) is 50.4 Å². The van der Waals surface area contributed by atoms with Gasteiger partial charge in [-0.25, -0.2) is 9.97 Å². The Bertz CT molecular complexity index is 916. The quantitative estimate of drug-likeness (QED) is 0.738. The first-order valence-electron chi connectivity index (χ1n) is 10.5. The minimum absolute atomic E-state index is 0.0883. The largest absolute Gasteiger partial charge is 0.416 e. The van der Waals surface area contributed by atoms with Crippen molar-refractivity contribution in [2.75, 3.05) is 37.0 Å². The highest BCUT2D eigenvalue weighted by atomic mass is 19.4. The smallest absolute Gasteiger partial charge is 0.381 e. The first-order valence-corrected chi connectivity index (χ1v) is 10.5. The van der Waals surface area contributed by atoms with E-state index in [0.29, 0.717) is 31.0 Å². The van der Waals surface area contributed by atoms with Crippen molar-refractivity contribution in [3.05, 3.63) is 35.7 Å². The Balaban J connectivity index is 1.73. The minimum atomic E-state index is -4.44. The molecule has 2 N–H and O–H groups in total. The van der Waals surface area contributed by atoms with Gasteiger partial charge in [0.15, 0.2) is 0 Å². The average molecular weight is 436 g/mol. The summed E-state index contributed by atoms with van der Waals surface area (Å²) in [6.07, 6.45) is 0.302. The number of hydrogen-bond acceptors (Lipinski definition) is 7. The molecule has 0 aromatic carbocycles. The van der Waals surface area contributed by atoms with Gasteiger partial charge in [0.1, 0.15) is 11.6 Å². The number of rotatable bonds is 5. The molecule has 2 aromatic rings. The zero-order chi connectivity index (χ0) is 22.1. The van der Waals surface area contributed by atoms with E-state index in [1.165, 1.54) is 0 Å². The second-order valence-corrected chi connectivity index (χ2v) is 8.12. The van der Waals surface area contributed by atoms with Gasteiger partial charge in [0.25, 0.3) is 0 Å². The van der Waals surface area contributed by atoms with E-state index in [4.69, 9.17) is 9.72 Å². The monoisotopic (exact) mass is 436 g/mol. The summed E-state index contributed by atoms with van der Waals surface area (Å²) in [6, 6.07) is 4.04. The molecule has 31 heavy (non-hydrogen) atoms. The van der Waals surface area contributed by atoms with E-state index in [-0.39, 0.29) is 11.4 Å². The number of aromatic nitrogens is 3. The molecule has 7 nitrogen and oxygen atoms in total. The van der Waals surface area contributed by atoms with Gasteiger partial charge in [-0.15, -0.1) is 0 Å². The van der Waals surface area contributed by atoms with E-state index in [9.17, 15) is 13.2 Å². The van der Waals surface area contributed by atoms with Gasteiger partial charge >= 0.3 is 6.18 Å². The fraction of sp³-hybridized carbons (Fsp3) is 0.571. The van der Waals surface area contributed by atoms with Gasteiger partial charge in [-0.05, 0) is 51.8 Å². The Morgan fingerprint density at radius 3 is 2.58 bits per heavy atom. The third-order valence-electron chi connectivity index (χ3n) is 6.18. The molecule has 4 rings (SSSR count). The maximum atomic E-state index is 13.1. The molecule has 2 aliphatic rings. The molecule has 2 saturated heterocycles. The van der Waals surface area contributed by atoms with Crippen molar-refractivity contribution in [2.24, 2.45) is 0 Å². The lowest BCUT2D eigenvalue weighted by molar-refractivity contribution is -0.137. The number of ether oxygens (including phenoxy) is 1. The van der Waals surface area contributed by atoms with E-state index in [2.05, 4.69) is 32.4 Å². The van der Waals surface area contributed by atoms with Crippen LogP contribution in [0.5, 0.6) is 0 Å². The summed E-state index contributed by atoms with van der Waals surface area (Å²) >= 11 is 0. The zero-order valence-corrected chi connectivity index (χ0v) is 17.7. The second-order valence-electron chi connectivity index (χ2n) is 8.12. The molecule has 2 aliphatic heterocycles. The maximum absolute atomic E-state index is 13.1. The Morgan fingerprint density at radius 1 is 1.16 bits per heavy atom. The molecule has 0 aliphatic carbocycles. The van der Waals surface area contributed by atoms with Crippen LogP contribution in [0.15, 0.2) is 24.4 Å². The van der Waals surface area contributed by atoms with Crippen LogP contribution >= 0.6 is 0 Å². The van der Waals surface area contributed by atoms with Crippen molar-refractivity contribution in [3.8, 4) is 0 Å². The standard InChI is InChI=1S/C21H27F3N6O/c1-14-4-3-9-30(14)19-27-16(20(25-2)6-10-31-11-7-20)13-18(29-19)28-17-12-15(5-8-26-17)21(22,23)24/h5,8,12-14,25H,3-4,6-7,9-11H2,1-2H3,(H,26,27,28,29)/t14-/m1/s1. The van der Waals surface area contributed by atoms with Gasteiger partial charge < -0.3 is 20.3 Å². The predicted molar refractivity (Wildman–Crippen MR) is 111 cm³/mol. The van der Waals surface area contributed by atoms with Crippen LogP contribution in [0, 0.1) is 0 Å². The number of anilines is 3. The summed E-state index contributed by atoms with van der Waals surface area (Å²) < 4.78 is 44.9. The first-order chi connectivity index (χ1) is 14.8. The van der Waals surface area contributed by atoms with Crippen molar-refractivity contribution in [1.82, 2.24) is 20.3 Å². The average Bonchev–Trinajstić information content (AvgIpc) is 3.19. The summed E-state index contributed by atoms with van der Waals surface area (Å²) in [5, 5.41) is 6.37. The Kier molecular flexibility index (Phi) is 6.02. The van der Waals surface area contributed by atoms with Crippen molar-refractivity contribution in [1.29, 1.82) is 0 Å². The Morgan fingerprint density at radius 2 is 1.94 bits per heavy atom. The molecule has 10 heteroatoms. The van der Waals surface area contributed by atoms with E-state index >= 15 is 0 Å². The lowest BCUT2D eigenvalue weighted by Gasteiger charge is -2.37. The third-order valence-corrected chi connectivity index (χ3v) is 6.18. The number of nitrogens with one attached hydrogen (secondary N) is 2. The van der Waals surface area contributed by atoms with Crippen LogP contribution in [0.3, 0.4) is 0 Å². The molecule has 0 bridgehead atoms. The van der Waals surface area contributed by atoms with Gasteiger partial charge in [0.2, 0.25) is 5.95 Å². The van der Waals surface area contributed by atoms with Crippen LogP contribution in [-0.2, 0) is 16.5 Å². The Hall–Kier alpha value is -2.46. The predicted octanol–water partition coefficient (Wildman–Crippen LogP) is 3.85. The summed E-state index contributed by atoms with van der Waals surface area (Å²) in [4.78, 5) is 15.7. The summed E-state index contributed by atoms with van der Waals surface area (Å²) in [7, 11) is 1.90. The van der Waals surface area contributed by atoms with Gasteiger partial charge in [-0.1, -0.05) is 0 Å². The number of pyridine rings is 1. The molecule has 1 atom stereocenters. The normalized spacial score (nSPS) is 21.3. The van der Waals surface area contributed by atoms with Crippen LogP contribution in [0.4, 0.5) is 30.8 Å². The van der Waals surface area contributed by atoms with Gasteiger partial charge in [-0.2, -0.15) is 18.2 Å². The van der Waals surface area contributed by atoms with Crippen LogP contribution < -0.4 is 15.5 Å². The number of nitrogens with zero attached hydrogens (tertiary/aromatic N) is 4. The first kappa shape index (κ1) is 21.8. The number of hydrogen-bond donors (Lipinski definition) is 2. The minimum Gasteiger partial charge on any atom is -0.381 e. The summed E-state index contributed by atoms with van der Waals surface area (Å²) in [5.41, 5.74) is -0.336. The fourth-order valence-electron chi connectivity index (χ4n) is 4.26. The van der Waals surface area contributed by atoms with Crippen molar-refractivity contribution >= 4 is 17.6 Å². The topological polar surface area (TPSA) is 75.2 Å². The highest BCUT2D eigenvalue weighted by Gasteiger charge is 2.36. The van der Waals surface area contributed by atoms with Gasteiger partial charge in [0.05, 0.1) is 16.8 Å². The van der Waals surface area contributed by atoms with E-state index < -0.39 is 11.7 Å². The molecule has 2 fully saturated rings. The van der Waals surface area contributed by atoms with Crippen LogP contribution in [0.25, 0.3) is 0 Å². The molecular formula is C21H27F3N6O. The molecule has 0 unspecified atom stereocenters. The highest BCUT2D eigenvalue weighted by Crippen LogP contribution is 2.35. The van der Waals surface area contributed by atoms with Crippen LogP contribution in [-0.4, -0.2) is 47.8 Å². The molecule has 0 saturated carbocycles. The number of halogens is 3. The molecule has 168 valence electrons. The van der Waals surface area contributed by atoms with Crippen LogP contribution in [0.2, 0.25) is 0 Å². The van der Waals surface area contributed by atoms with E-state index in [1.807, 2.05) is 7.05 Å². The molecule has 0 spiro atoms. The van der Waals surface area contributed by atoms with Crippen molar-refractivity contribution in [3.63, 3.8) is 0 Å². The van der Waals surface area contributed by atoms with Gasteiger partial charge in [-0.3, -0.25) is 0 Å². The van der Waals surface area contributed by atoms with Crippen LogP contribution in [0.1, 0.15) is 43.9 Å². The second kappa shape index (κ2) is 8.58. The molecule has 4 heterocycles. The lowest BCUT2D eigenvalue weighted by atomic mass is 9.86. The summed E-state index contributed by atoms with van der Waals surface area (Å²) in [5.74, 6) is 1.09. The Labute approximate surface area is 179 Å². The van der Waals surface area contributed by atoms with E-state index in [0.717, 1.165) is 56.3 Å². The SMILES string of the molecule is CNC1(c2cc(Nc3cc(C(F)(F)F)ccn3)nc(N3CCC[C@H]3C)n2)CCOCC1. The van der Waals surface area contributed by atoms with Gasteiger partial charge in [0, 0.05) is 38.1 Å². The lowest BCUT2D eigenvalue weighted by Crippen LogP contribution is -2.45. The highest BCUT2D eigenvalue weighted by molar-refractivity contribution is 5.56. The maximum Gasteiger partial charge on any atom is 0.416 e. The molecule has 0 amide bonds. The summed E-state index contributed by atoms with van der Waals surface area (Å²) in [6.45, 7) is 4.20.